The summed E-state index contributed by atoms with van der Waals surface area (Å²) < 4.78 is 66.4. The Morgan fingerprint density at radius 2 is 1.59 bits per heavy atom. The third-order valence-electron chi connectivity index (χ3n) is 7.69. The molecule has 0 unspecified atom stereocenters. The Kier molecular flexibility index (Phi) is 7.33. The highest BCUT2D eigenvalue weighted by Crippen LogP contribution is 2.47. The molecule has 2 saturated carbocycles. The lowest BCUT2D eigenvalue weighted by molar-refractivity contribution is -0.139. The summed E-state index contributed by atoms with van der Waals surface area (Å²) in [4.78, 5) is -0.766. The van der Waals surface area contributed by atoms with E-state index < -0.39 is 26.5 Å². The minimum atomic E-state index is -4.82. The molecule has 7 nitrogen and oxygen atoms in total. The van der Waals surface area contributed by atoms with Crippen molar-refractivity contribution in [2.75, 3.05) is 12.8 Å². The van der Waals surface area contributed by atoms with Crippen LogP contribution in [-0.2, 0) is 16.0 Å². The van der Waals surface area contributed by atoms with Gasteiger partial charge in [-0.15, -0.1) is 10.2 Å². The summed E-state index contributed by atoms with van der Waals surface area (Å²) in [5.41, 5.74) is 5.09. The summed E-state index contributed by atoms with van der Waals surface area (Å²) in [6.45, 7) is 0.767. The second-order valence-electron chi connectivity index (χ2n) is 9.99. The normalized spacial score (nSPS) is 26.5. The Morgan fingerprint density at radius 3 is 2.09 bits per heavy atom. The van der Waals surface area contributed by atoms with Gasteiger partial charge in [0, 0.05) is 11.8 Å². The molecular weight excluding hydrogens is 467 g/mol. The Hall–Kier alpha value is -2.01. The fraction of sp³-hybridized carbons (Fsp3) is 0.696. The lowest BCUT2D eigenvalue weighted by atomic mass is 9.71. The van der Waals surface area contributed by atoms with E-state index in [4.69, 9.17) is 5.73 Å². The number of aromatic nitrogens is 4. The number of nitrogens with one attached hydrogen (secondary N) is 1. The summed E-state index contributed by atoms with van der Waals surface area (Å²) in [5, 5.41) is 13.4. The first-order chi connectivity index (χ1) is 16.1. The lowest BCUT2D eigenvalue weighted by Gasteiger charge is -2.34. The van der Waals surface area contributed by atoms with Crippen molar-refractivity contribution in [1.82, 2.24) is 20.6 Å². The van der Waals surface area contributed by atoms with Gasteiger partial charge in [-0.25, -0.2) is 8.42 Å². The SMILES string of the molecule is CS(=O)(=O)c1c(C(F)(F)F)ccc(C2CCC(CC3CCC(CN)CC3)CC2)c1-c1nn[nH]n1. The predicted molar refractivity (Wildman–Crippen MR) is 122 cm³/mol. The first-order valence-electron chi connectivity index (χ1n) is 12.0. The van der Waals surface area contributed by atoms with Crippen molar-refractivity contribution in [2.45, 2.75) is 74.8 Å². The number of hydrogen-bond donors (Lipinski definition) is 2. The number of aromatic amines is 1. The summed E-state index contributed by atoms with van der Waals surface area (Å²) in [7, 11) is -4.22. The summed E-state index contributed by atoms with van der Waals surface area (Å²) in [6.07, 6.45) is 5.53. The maximum Gasteiger partial charge on any atom is 0.417 e. The Bertz CT molecular complexity index is 1070. The first kappa shape index (κ1) is 25.1. The molecule has 0 saturated heterocycles. The van der Waals surface area contributed by atoms with Crippen molar-refractivity contribution >= 4 is 9.84 Å². The summed E-state index contributed by atoms with van der Waals surface area (Å²) in [5.74, 6) is 1.79. The summed E-state index contributed by atoms with van der Waals surface area (Å²) in [6, 6.07) is 2.29. The molecule has 2 aromatic rings. The van der Waals surface area contributed by atoms with E-state index in [-0.39, 0.29) is 17.3 Å². The van der Waals surface area contributed by atoms with Crippen LogP contribution >= 0.6 is 0 Å². The van der Waals surface area contributed by atoms with Gasteiger partial charge in [0.25, 0.3) is 0 Å². The minimum Gasteiger partial charge on any atom is -0.330 e. The average molecular weight is 500 g/mol. The Labute approximate surface area is 198 Å². The van der Waals surface area contributed by atoms with Crippen LogP contribution in [0.1, 0.15) is 74.8 Å². The smallest absolute Gasteiger partial charge is 0.330 e. The molecule has 2 aliphatic carbocycles. The molecular formula is C23H32F3N5O2S. The maximum absolute atomic E-state index is 13.8. The molecule has 34 heavy (non-hydrogen) atoms. The van der Waals surface area contributed by atoms with Crippen LogP contribution < -0.4 is 5.73 Å². The molecule has 3 N–H and O–H groups in total. The van der Waals surface area contributed by atoms with Crippen molar-refractivity contribution in [1.29, 1.82) is 0 Å². The van der Waals surface area contributed by atoms with Crippen LogP contribution in [0.4, 0.5) is 13.2 Å². The molecule has 0 radical (unpaired) electrons. The summed E-state index contributed by atoms with van der Waals surface area (Å²) >= 11 is 0. The molecule has 0 amide bonds. The number of H-pyrrole nitrogens is 1. The van der Waals surface area contributed by atoms with E-state index in [1.165, 1.54) is 38.2 Å². The molecule has 1 heterocycles. The van der Waals surface area contributed by atoms with Gasteiger partial charge in [0.05, 0.1) is 10.5 Å². The van der Waals surface area contributed by atoms with Crippen LogP contribution in [0.2, 0.25) is 0 Å². The zero-order chi connectivity index (χ0) is 24.5. The van der Waals surface area contributed by atoms with Gasteiger partial charge in [-0.1, -0.05) is 18.9 Å². The van der Waals surface area contributed by atoms with Gasteiger partial charge >= 0.3 is 6.18 Å². The van der Waals surface area contributed by atoms with Gasteiger partial charge in [-0.3, -0.25) is 0 Å². The van der Waals surface area contributed by atoms with Crippen LogP contribution in [0, 0.1) is 17.8 Å². The van der Waals surface area contributed by atoms with Crippen molar-refractivity contribution in [3.05, 3.63) is 23.3 Å². The monoisotopic (exact) mass is 499 g/mol. The van der Waals surface area contributed by atoms with E-state index in [1.807, 2.05) is 0 Å². The van der Waals surface area contributed by atoms with Crippen molar-refractivity contribution in [3.8, 4) is 11.4 Å². The largest absolute Gasteiger partial charge is 0.417 e. The minimum absolute atomic E-state index is 0.0551. The van der Waals surface area contributed by atoms with Crippen molar-refractivity contribution in [3.63, 3.8) is 0 Å². The van der Waals surface area contributed by atoms with Gasteiger partial charge in [0.1, 0.15) is 0 Å². The number of nitrogens with zero attached hydrogens (tertiary/aromatic N) is 3. The fourth-order valence-electron chi connectivity index (χ4n) is 5.93. The predicted octanol–water partition coefficient (Wildman–Crippen LogP) is 4.72. The topological polar surface area (TPSA) is 115 Å². The Morgan fingerprint density at radius 1 is 1.00 bits per heavy atom. The van der Waals surface area contributed by atoms with E-state index in [2.05, 4.69) is 20.6 Å². The third-order valence-corrected chi connectivity index (χ3v) is 8.85. The zero-order valence-corrected chi connectivity index (χ0v) is 20.1. The van der Waals surface area contributed by atoms with Crippen LogP contribution in [-0.4, -0.2) is 41.8 Å². The van der Waals surface area contributed by atoms with Crippen LogP contribution in [0.3, 0.4) is 0 Å². The third kappa shape index (κ3) is 5.45. The number of alkyl halides is 3. The first-order valence-corrected chi connectivity index (χ1v) is 13.8. The average Bonchev–Trinajstić information content (AvgIpc) is 3.33. The molecule has 2 fully saturated rings. The molecule has 11 heteroatoms. The molecule has 1 aromatic carbocycles. The Balaban J connectivity index is 1.58. The van der Waals surface area contributed by atoms with Crippen LogP contribution in [0.15, 0.2) is 17.0 Å². The second-order valence-corrected chi connectivity index (χ2v) is 11.9. The maximum atomic E-state index is 13.8. The molecule has 0 bridgehead atoms. The van der Waals surface area contributed by atoms with Gasteiger partial charge in [0.2, 0.25) is 5.82 Å². The van der Waals surface area contributed by atoms with E-state index in [1.54, 1.807) is 0 Å². The number of benzene rings is 1. The highest BCUT2D eigenvalue weighted by Gasteiger charge is 2.40. The van der Waals surface area contributed by atoms with Crippen molar-refractivity contribution in [2.24, 2.45) is 23.5 Å². The standard InChI is InChI=1S/C23H32F3N5O2S/c1-34(32,33)21-19(23(24,25)26)11-10-18(20(21)22-28-30-31-29-22)17-8-6-15(7-9-17)12-14-2-4-16(13-27)5-3-14/h10-11,14-17H,2-9,12-13,27H2,1H3,(H,28,29,30,31). The molecule has 0 aliphatic heterocycles. The highest BCUT2D eigenvalue weighted by molar-refractivity contribution is 7.91. The van der Waals surface area contributed by atoms with E-state index in [0.29, 0.717) is 17.4 Å². The van der Waals surface area contributed by atoms with E-state index in [9.17, 15) is 21.6 Å². The molecule has 1 aromatic heterocycles. The molecule has 0 spiro atoms. The number of halogens is 3. The van der Waals surface area contributed by atoms with Gasteiger partial charge < -0.3 is 5.73 Å². The molecule has 4 rings (SSSR count). The van der Waals surface area contributed by atoms with Crippen LogP contribution in [0.5, 0.6) is 0 Å². The van der Waals surface area contributed by atoms with Crippen LogP contribution in [0.25, 0.3) is 11.4 Å². The number of nitrogens with two attached hydrogens (primary N) is 1. The number of sulfone groups is 1. The number of rotatable bonds is 6. The fourth-order valence-corrected chi connectivity index (χ4v) is 7.09. The van der Waals surface area contributed by atoms with Gasteiger partial charge in [-0.05, 0) is 92.0 Å². The number of tetrazole rings is 1. The number of hydrogen-bond acceptors (Lipinski definition) is 6. The van der Waals surface area contributed by atoms with E-state index in [0.717, 1.165) is 50.5 Å². The quantitative estimate of drug-likeness (QED) is 0.594. The molecule has 0 atom stereocenters. The van der Waals surface area contributed by atoms with Gasteiger partial charge in [0.15, 0.2) is 9.84 Å². The van der Waals surface area contributed by atoms with Gasteiger partial charge in [-0.2, -0.15) is 18.4 Å². The lowest BCUT2D eigenvalue weighted by Crippen LogP contribution is -2.24. The van der Waals surface area contributed by atoms with Crippen molar-refractivity contribution < 1.29 is 21.6 Å². The zero-order valence-electron chi connectivity index (χ0n) is 19.3. The highest BCUT2D eigenvalue weighted by atomic mass is 32.2. The second kappa shape index (κ2) is 9.93. The van der Waals surface area contributed by atoms with E-state index >= 15 is 0 Å². The molecule has 2 aliphatic rings. The molecule has 188 valence electrons.